The van der Waals surface area contributed by atoms with Crippen molar-refractivity contribution >= 4 is 28.3 Å². The molecule has 2 heterocycles. The number of hydrogen-bond donors (Lipinski definition) is 2. The first kappa shape index (κ1) is 14.1. The number of nitrogens with one attached hydrogen (secondary N) is 1. The molecule has 0 bridgehead atoms. The molecule has 7 heteroatoms. The van der Waals surface area contributed by atoms with Crippen molar-refractivity contribution in [1.29, 1.82) is 0 Å². The number of hydrogen-bond acceptors (Lipinski definition) is 6. The fraction of sp³-hybridized carbons (Fsp3) is 0.667. The van der Waals surface area contributed by atoms with Crippen molar-refractivity contribution in [1.82, 2.24) is 9.69 Å². The van der Waals surface area contributed by atoms with Crippen LogP contribution in [-0.2, 0) is 4.74 Å². The van der Waals surface area contributed by atoms with E-state index in [4.69, 9.17) is 10.5 Å². The Morgan fingerprint density at radius 2 is 2.37 bits per heavy atom. The first-order valence-corrected chi connectivity index (χ1v) is 7.14. The lowest BCUT2D eigenvalue weighted by Gasteiger charge is -2.18. The number of nitrogen functional groups attached to an aromatic ring is 1. The van der Waals surface area contributed by atoms with Crippen molar-refractivity contribution in [3.8, 4) is 0 Å². The average molecular weight is 284 g/mol. The second-order valence-electron chi connectivity index (χ2n) is 4.97. The molecule has 2 rings (SSSR count). The Bertz CT molecular complexity index is 461. The number of carbonyl (C=O) groups excluding carboxylic acids is 1. The zero-order valence-electron chi connectivity index (χ0n) is 11.5. The molecule has 0 aromatic carbocycles. The highest BCUT2D eigenvalue weighted by Crippen LogP contribution is 2.33. The van der Waals surface area contributed by atoms with E-state index >= 15 is 0 Å². The fourth-order valence-electron chi connectivity index (χ4n) is 2.16. The lowest BCUT2D eigenvalue weighted by molar-refractivity contribution is 0.0944. The molecule has 1 fully saturated rings. The summed E-state index contributed by atoms with van der Waals surface area (Å²) in [7, 11) is 1.71. The monoisotopic (exact) mass is 284 g/mol. The third kappa shape index (κ3) is 2.98. The number of rotatable bonds is 4. The van der Waals surface area contributed by atoms with Gasteiger partial charge in [-0.15, -0.1) is 0 Å². The third-order valence-electron chi connectivity index (χ3n) is 3.11. The van der Waals surface area contributed by atoms with E-state index in [0.717, 1.165) is 24.5 Å². The largest absolute Gasteiger partial charge is 0.382 e. The van der Waals surface area contributed by atoms with Gasteiger partial charge in [-0.2, -0.15) is 4.37 Å². The first-order chi connectivity index (χ1) is 9.02. The molecule has 1 unspecified atom stereocenters. The summed E-state index contributed by atoms with van der Waals surface area (Å²) in [6.45, 7) is 5.48. The fourth-order valence-corrected chi connectivity index (χ4v) is 3.01. The summed E-state index contributed by atoms with van der Waals surface area (Å²) in [5.74, 6) is 0.149. The van der Waals surface area contributed by atoms with E-state index in [-0.39, 0.29) is 18.1 Å². The van der Waals surface area contributed by atoms with Gasteiger partial charge in [-0.25, -0.2) is 0 Å². The summed E-state index contributed by atoms with van der Waals surface area (Å²) in [6, 6.07) is 0.0740. The highest BCUT2D eigenvalue weighted by atomic mass is 32.1. The summed E-state index contributed by atoms with van der Waals surface area (Å²) in [6.07, 6.45) is 1.17. The molecule has 19 heavy (non-hydrogen) atoms. The van der Waals surface area contributed by atoms with Crippen LogP contribution in [-0.4, -0.2) is 42.6 Å². The summed E-state index contributed by atoms with van der Waals surface area (Å²) in [4.78, 5) is 14.3. The standard InChI is InChI=1S/C12H20N4O2S/c1-7(2)14-11(17)9-10(13)15-19-12(9)16-5-4-8(6-16)18-3/h7-8H,4-6H2,1-3H3,(H2,13,15)(H,14,17). The molecule has 0 saturated carbocycles. The van der Waals surface area contributed by atoms with Crippen LogP contribution in [0.3, 0.4) is 0 Å². The summed E-state index contributed by atoms with van der Waals surface area (Å²) < 4.78 is 9.46. The molecule has 1 aromatic heterocycles. The smallest absolute Gasteiger partial charge is 0.258 e. The quantitative estimate of drug-likeness (QED) is 0.865. The van der Waals surface area contributed by atoms with Crippen LogP contribution in [0.15, 0.2) is 0 Å². The normalized spacial score (nSPS) is 19.2. The Morgan fingerprint density at radius 1 is 1.63 bits per heavy atom. The van der Waals surface area contributed by atoms with Gasteiger partial charge in [-0.3, -0.25) is 4.79 Å². The average Bonchev–Trinajstić information content (AvgIpc) is 2.93. The van der Waals surface area contributed by atoms with E-state index in [2.05, 4.69) is 14.6 Å². The van der Waals surface area contributed by atoms with Gasteiger partial charge in [-0.05, 0) is 31.8 Å². The highest BCUT2D eigenvalue weighted by Gasteiger charge is 2.29. The predicted molar refractivity (Wildman–Crippen MR) is 76.8 cm³/mol. The minimum atomic E-state index is -0.155. The van der Waals surface area contributed by atoms with Gasteiger partial charge in [0.25, 0.3) is 5.91 Å². The third-order valence-corrected chi connectivity index (χ3v) is 4.04. The molecular weight excluding hydrogens is 264 g/mol. The van der Waals surface area contributed by atoms with Gasteiger partial charge < -0.3 is 20.7 Å². The van der Waals surface area contributed by atoms with E-state index < -0.39 is 0 Å². The summed E-state index contributed by atoms with van der Waals surface area (Å²) in [5.41, 5.74) is 6.33. The van der Waals surface area contributed by atoms with Gasteiger partial charge in [0.05, 0.1) is 6.10 Å². The molecule has 6 nitrogen and oxygen atoms in total. The number of nitrogens with zero attached hydrogens (tertiary/aromatic N) is 2. The Kier molecular flexibility index (Phi) is 4.26. The Labute approximate surface area is 117 Å². The summed E-state index contributed by atoms with van der Waals surface area (Å²) >= 11 is 1.28. The topological polar surface area (TPSA) is 80.5 Å². The van der Waals surface area contributed by atoms with Crippen molar-refractivity contribution in [2.75, 3.05) is 30.8 Å². The summed E-state index contributed by atoms with van der Waals surface area (Å²) in [5, 5.41) is 3.71. The molecule has 1 aliphatic rings. The van der Waals surface area contributed by atoms with Crippen molar-refractivity contribution in [3.63, 3.8) is 0 Å². The Hall–Kier alpha value is -1.34. The van der Waals surface area contributed by atoms with Gasteiger partial charge >= 0.3 is 0 Å². The van der Waals surface area contributed by atoms with Crippen molar-refractivity contribution in [2.24, 2.45) is 0 Å². The Balaban J connectivity index is 2.20. The molecular formula is C12H20N4O2S. The maximum absolute atomic E-state index is 12.2. The molecule has 1 aliphatic heterocycles. The second kappa shape index (κ2) is 5.75. The van der Waals surface area contributed by atoms with E-state index in [1.807, 2.05) is 13.8 Å². The zero-order valence-corrected chi connectivity index (χ0v) is 12.3. The van der Waals surface area contributed by atoms with Crippen LogP contribution in [0.2, 0.25) is 0 Å². The van der Waals surface area contributed by atoms with Crippen molar-refractivity contribution < 1.29 is 9.53 Å². The van der Waals surface area contributed by atoms with Gasteiger partial charge in [0, 0.05) is 26.2 Å². The highest BCUT2D eigenvalue weighted by molar-refractivity contribution is 7.11. The number of methoxy groups -OCH3 is 1. The molecule has 3 N–H and O–H groups in total. The predicted octanol–water partition coefficient (Wildman–Crippen LogP) is 1.09. The molecule has 0 radical (unpaired) electrons. The lowest BCUT2D eigenvalue weighted by atomic mass is 10.2. The van der Waals surface area contributed by atoms with Crippen LogP contribution in [0.4, 0.5) is 10.8 Å². The van der Waals surface area contributed by atoms with Gasteiger partial charge in [0.2, 0.25) is 0 Å². The minimum absolute atomic E-state index is 0.0740. The SMILES string of the molecule is COC1CCN(c2snc(N)c2C(=O)NC(C)C)C1. The maximum atomic E-state index is 12.2. The molecule has 1 atom stereocenters. The maximum Gasteiger partial charge on any atom is 0.258 e. The van der Waals surface area contributed by atoms with Crippen LogP contribution in [0, 0.1) is 0 Å². The number of amides is 1. The van der Waals surface area contributed by atoms with Crippen LogP contribution >= 0.6 is 11.5 Å². The molecule has 1 saturated heterocycles. The number of carbonyl (C=O) groups is 1. The second-order valence-corrected chi connectivity index (χ2v) is 5.72. The number of anilines is 2. The van der Waals surface area contributed by atoms with Crippen molar-refractivity contribution in [2.45, 2.75) is 32.4 Å². The van der Waals surface area contributed by atoms with Crippen LogP contribution in [0.25, 0.3) is 0 Å². The number of aromatic nitrogens is 1. The van der Waals surface area contributed by atoms with Crippen LogP contribution < -0.4 is 16.0 Å². The first-order valence-electron chi connectivity index (χ1n) is 6.36. The number of ether oxygens (including phenoxy) is 1. The van der Waals surface area contributed by atoms with Crippen LogP contribution in [0.1, 0.15) is 30.6 Å². The van der Waals surface area contributed by atoms with E-state index in [9.17, 15) is 4.79 Å². The van der Waals surface area contributed by atoms with E-state index in [1.165, 1.54) is 11.5 Å². The number of nitrogens with two attached hydrogens (primary N) is 1. The van der Waals surface area contributed by atoms with Gasteiger partial charge in [0.15, 0.2) is 5.82 Å². The lowest BCUT2D eigenvalue weighted by Crippen LogP contribution is -2.32. The van der Waals surface area contributed by atoms with E-state index in [1.54, 1.807) is 7.11 Å². The van der Waals surface area contributed by atoms with Gasteiger partial charge in [-0.1, -0.05) is 0 Å². The zero-order chi connectivity index (χ0) is 14.0. The Morgan fingerprint density at radius 3 is 2.95 bits per heavy atom. The molecule has 1 aromatic rings. The molecule has 0 spiro atoms. The van der Waals surface area contributed by atoms with E-state index in [0.29, 0.717) is 11.4 Å². The molecule has 106 valence electrons. The minimum Gasteiger partial charge on any atom is -0.382 e. The molecule has 1 amide bonds. The van der Waals surface area contributed by atoms with Crippen molar-refractivity contribution in [3.05, 3.63) is 5.56 Å². The van der Waals surface area contributed by atoms with Gasteiger partial charge in [0.1, 0.15) is 10.6 Å². The molecule has 0 aliphatic carbocycles. The van der Waals surface area contributed by atoms with Crippen LogP contribution in [0.5, 0.6) is 0 Å².